The minimum absolute atomic E-state index is 0.194. The van der Waals surface area contributed by atoms with Crippen LogP contribution < -0.4 is 5.32 Å². The molecule has 88 valence electrons. The third kappa shape index (κ3) is 3.12. The molecule has 17 heavy (non-hydrogen) atoms. The standard InChI is InChI=1S/C12H12N2O2S/c1-16-6-9-3-2-4-10(5-9)14-12(15)11-7-17-8-13-11/h2-5,7-8H,6H2,1H3,(H,14,15). The van der Waals surface area contributed by atoms with Gasteiger partial charge in [0, 0.05) is 18.2 Å². The van der Waals surface area contributed by atoms with Gasteiger partial charge >= 0.3 is 0 Å². The summed E-state index contributed by atoms with van der Waals surface area (Å²) in [5, 5.41) is 4.51. The third-order valence-electron chi connectivity index (χ3n) is 2.16. The lowest BCUT2D eigenvalue weighted by Gasteiger charge is -2.05. The fraction of sp³-hybridized carbons (Fsp3) is 0.167. The number of aromatic nitrogens is 1. The van der Waals surface area contributed by atoms with Crippen molar-refractivity contribution in [2.45, 2.75) is 6.61 Å². The first kappa shape index (κ1) is 11.8. The molecule has 1 heterocycles. The quantitative estimate of drug-likeness (QED) is 0.904. The number of methoxy groups -OCH3 is 1. The number of amides is 1. The minimum atomic E-state index is -0.194. The average molecular weight is 248 g/mol. The molecule has 0 atom stereocenters. The predicted molar refractivity (Wildman–Crippen MR) is 67.2 cm³/mol. The molecular formula is C12H12N2O2S. The summed E-state index contributed by atoms with van der Waals surface area (Å²) >= 11 is 1.40. The van der Waals surface area contributed by atoms with E-state index in [1.54, 1.807) is 18.0 Å². The predicted octanol–water partition coefficient (Wildman–Crippen LogP) is 2.54. The van der Waals surface area contributed by atoms with E-state index in [2.05, 4.69) is 10.3 Å². The van der Waals surface area contributed by atoms with Crippen LogP contribution in [0.15, 0.2) is 35.2 Å². The second-order valence-corrected chi connectivity index (χ2v) is 4.18. The number of carbonyl (C=O) groups is 1. The highest BCUT2D eigenvalue weighted by Gasteiger charge is 2.07. The molecule has 1 aromatic heterocycles. The van der Waals surface area contributed by atoms with E-state index < -0.39 is 0 Å². The molecule has 1 amide bonds. The maximum absolute atomic E-state index is 11.7. The van der Waals surface area contributed by atoms with Gasteiger partial charge in [-0.3, -0.25) is 4.79 Å². The molecule has 0 bridgehead atoms. The van der Waals surface area contributed by atoms with Crippen molar-refractivity contribution in [3.05, 3.63) is 46.4 Å². The van der Waals surface area contributed by atoms with Gasteiger partial charge in [0.05, 0.1) is 12.1 Å². The maximum Gasteiger partial charge on any atom is 0.275 e. The Bertz CT molecular complexity index is 497. The zero-order chi connectivity index (χ0) is 12.1. The number of hydrogen-bond donors (Lipinski definition) is 1. The summed E-state index contributed by atoms with van der Waals surface area (Å²) in [6, 6.07) is 7.55. The molecule has 0 unspecified atom stereocenters. The lowest BCUT2D eigenvalue weighted by molar-refractivity contribution is 0.102. The van der Waals surface area contributed by atoms with E-state index in [9.17, 15) is 4.79 Å². The molecule has 0 aliphatic heterocycles. The van der Waals surface area contributed by atoms with Crippen LogP contribution in [0.1, 0.15) is 16.1 Å². The fourth-order valence-corrected chi connectivity index (χ4v) is 1.96. The van der Waals surface area contributed by atoms with Gasteiger partial charge in [0.1, 0.15) is 5.69 Å². The third-order valence-corrected chi connectivity index (χ3v) is 2.75. The molecule has 0 fully saturated rings. The highest BCUT2D eigenvalue weighted by molar-refractivity contribution is 7.07. The Kier molecular flexibility index (Phi) is 3.85. The molecule has 0 aliphatic rings. The molecular weight excluding hydrogens is 236 g/mol. The molecule has 2 rings (SSSR count). The van der Waals surface area contributed by atoms with E-state index >= 15 is 0 Å². The molecule has 5 heteroatoms. The molecule has 1 aromatic carbocycles. The Labute approximate surface area is 103 Å². The van der Waals surface area contributed by atoms with Gasteiger partial charge in [-0.25, -0.2) is 4.98 Å². The summed E-state index contributed by atoms with van der Waals surface area (Å²) in [5.74, 6) is -0.194. The Morgan fingerprint density at radius 1 is 1.53 bits per heavy atom. The number of anilines is 1. The normalized spacial score (nSPS) is 10.2. The van der Waals surface area contributed by atoms with Crippen molar-refractivity contribution < 1.29 is 9.53 Å². The van der Waals surface area contributed by atoms with Gasteiger partial charge in [-0.2, -0.15) is 0 Å². The second kappa shape index (κ2) is 5.56. The van der Waals surface area contributed by atoms with Crippen LogP contribution in [0.5, 0.6) is 0 Å². The topological polar surface area (TPSA) is 51.2 Å². The summed E-state index contributed by atoms with van der Waals surface area (Å²) in [5.41, 5.74) is 3.84. The van der Waals surface area contributed by atoms with Gasteiger partial charge in [0.2, 0.25) is 0 Å². The number of thiazole rings is 1. The molecule has 2 aromatic rings. The lowest BCUT2D eigenvalue weighted by Crippen LogP contribution is -2.12. The van der Waals surface area contributed by atoms with Crippen molar-refractivity contribution >= 4 is 22.9 Å². The van der Waals surface area contributed by atoms with E-state index in [0.29, 0.717) is 12.3 Å². The highest BCUT2D eigenvalue weighted by atomic mass is 32.1. The highest BCUT2D eigenvalue weighted by Crippen LogP contribution is 2.13. The number of carbonyl (C=O) groups excluding carboxylic acids is 1. The van der Waals surface area contributed by atoms with Gasteiger partial charge in [0.15, 0.2) is 0 Å². The molecule has 0 saturated heterocycles. The first-order chi connectivity index (χ1) is 8.29. The maximum atomic E-state index is 11.7. The van der Waals surface area contributed by atoms with Crippen LogP contribution in [0.3, 0.4) is 0 Å². The van der Waals surface area contributed by atoms with Crippen molar-refractivity contribution in [2.24, 2.45) is 0 Å². The number of hydrogen-bond acceptors (Lipinski definition) is 4. The minimum Gasteiger partial charge on any atom is -0.380 e. The van der Waals surface area contributed by atoms with E-state index in [1.807, 2.05) is 24.3 Å². The van der Waals surface area contributed by atoms with Crippen molar-refractivity contribution in [1.82, 2.24) is 4.98 Å². The van der Waals surface area contributed by atoms with Crippen LogP contribution in [-0.4, -0.2) is 18.0 Å². The summed E-state index contributed by atoms with van der Waals surface area (Å²) < 4.78 is 5.04. The first-order valence-electron chi connectivity index (χ1n) is 5.07. The van der Waals surface area contributed by atoms with Crippen LogP contribution in [0.25, 0.3) is 0 Å². The lowest BCUT2D eigenvalue weighted by atomic mass is 10.2. The molecule has 0 aliphatic carbocycles. The first-order valence-corrected chi connectivity index (χ1v) is 6.01. The van der Waals surface area contributed by atoms with Crippen LogP contribution in [0.4, 0.5) is 5.69 Å². The molecule has 0 radical (unpaired) electrons. The van der Waals surface area contributed by atoms with Crippen LogP contribution >= 0.6 is 11.3 Å². The largest absolute Gasteiger partial charge is 0.380 e. The van der Waals surface area contributed by atoms with Crippen molar-refractivity contribution in [2.75, 3.05) is 12.4 Å². The zero-order valence-electron chi connectivity index (χ0n) is 9.34. The van der Waals surface area contributed by atoms with E-state index in [4.69, 9.17) is 4.74 Å². The Hall–Kier alpha value is -1.72. The smallest absolute Gasteiger partial charge is 0.275 e. The molecule has 0 spiro atoms. The average Bonchev–Trinajstić information content (AvgIpc) is 2.83. The number of ether oxygens (including phenoxy) is 1. The van der Waals surface area contributed by atoms with E-state index in [1.165, 1.54) is 11.3 Å². The second-order valence-electron chi connectivity index (χ2n) is 3.46. The summed E-state index contributed by atoms with van der Waals surface area (Å²) in [6.07, 6.45) is 0. The molecule has 4 nitrogen and oxygen atoms in total. The van der Waals surface area contributed by atoms with Crippen LogP contribution in [0, 0.1) is 0 Å². The number of benzene rings is 1. The van der Waals surface area contributed by atoms with E-state index in [0.717, 1.165) is 11.3 Å². The summed E-state index contributed by atoms with van der Waals surface area (Å²) in [4.78, 5) is 15.7. The zero-order valence-corrected chi connectivity index (χ0v) is 10.2. The van der Waals surface area contributed by atoms with Crippen LogP contribution in [-0.2, 0) is 11.3 Å². The molecule has 1 N–H and O–H groups in total. The van der Waals surface area contributed by atoms with E-state index in [-0.39, 0.29) is 5.91 Å². The van der Waals surface area contributed by atoms with Gasteiger partial charge in [-0.05, 0) is 17.7 Å². The fourth-order valence-electron chi connectivity index (χ4n) is 1.43. The summed E-state index contributed by atoms with van der Waals surface area (Å²) in [7, 11) is 1.64. The Balaban J connectivity index is 2.08. The monoisotopic (exact) mass is 248 g/mol. The SMILES string of the molecule is COCc1cccc(NC(=O)c2cscn2)c1. The van der Waals surface area contributed by atoms with Crippen molar-refractivity contribution in [1.29, 1.82) is 0 Å². The Morgan fingerprint density at radius 3 is 3.12 bits per heavy atom. The van der Waals surface area contributed by atoms with Crippen molar-refractivity contribution in [3.63, 3.8) is 0 Å². The Morgan fingerprint density at radius 2 is 2.41 bits per heavy atom. The number of rotatable bonds is 4. The number of nitrogens with zero attached hydrogens (tertiary/aromatic N) is 1. The van der Waals surface area contributed by atoms with Crippen molar-refractivity contribution in [3.8, 4) is 0 Å². The van der Waals surface area contributed by atoms with Gasteiger partial charge in [0.25, 0.3) is 5.91 Å². The molecule has 0 saturated carbocycles. The van der Waals surface area contributed by atoms with Gasteiger partial charge in [-0.1, -0.05) is 12.1 Å². The van der Waals surface area contributed by atoms with Crippen LogP contribution in [0.2, 0.25) is 0 Å². The summed E-state index contributed by atoms with van der Waals surface area (Å²) in [6.45, 7) is 0.528. The number of nitrogens with one attached hydrogen (secondary N) is 1. The van der Waals surface area contributed by atoms with Gasteiger partial charge < -0.3 is 10.1 Å². The van der Waals surface area contributed by atoms with Gasteiger partial charge in [-0.15, -0.1) is 11.3 Å².